The van der Waals surface area contributed by atoms with Crippen LogP contribution in [0.3, 0.4) is 0 Å². The Morgan fingerprint density at radius 2 is 1.88 bits per heavy atom. The molecule has 0 spiro atoms. The number of carbonyl (C=O) groups excluding carboxylic acids is 2. The van der Waals surface area contributed by atoms with Gasteiger partial charge in [0, 0.05) is 19.5 Å². The van der Waals surface area contributed by atoms with E-state index < -0.39 is 5.60 Å². The van der Waals surface area contributed by atoms with Gasteiger partial charge in [-0.2, -0.15) is 0 Å². The van der Waals surface area contributed by atoms with E-state index in [4.69, 9.17) is 4.74 Å². The Morgan fingerprint density at radius 1 is 1.38 bits per heavy atom. The molecule has 0 aromatic rings. The number of carbonyl (C=O) groups is 2. The van der Waals surface area contributed by atoms with Crippen molar-refractivity contribution in [3.8, 4) is 0 Å². The molecule has 4 heteroatoms. The van der Waals surface area contributed by atoms with Crippen molar-refractivity contribution in [2.24, 2.45) is 5.92 Å². The first kappa shape index (κ1) is 14.9. The van der Waals surface area contributed by atoms with Crippen LogP contribution in [0.4, 0.5) is 4.79 Å². The molecule has 0 aromatic heterocycles. The SMILES string of the molecule is CC(C)[C@H](CC=O)N(C)C(=O)OC(C)(C)C. The van der Waals surface area contributed by atoms with E-state index in [1.54, 1.807) is 7.05 Å². The topological polar surface area (TPSA) is 46.6 Å². The highest BCUT2D eigenvalue weighted by atomic mass is 16.6. The Labute approximate surface area is 98.0 Å². The van der Waals surface area contributed by atoms with Gasteiger partial charge in [-0.1, -0.05) is 13.8 Å². The van der Waals surface area contributed by atoms with Crippen LogP contribution in [0, 0.1) is 5.92 Å². The van der Waals surface area contributed by atoms with Crippen molar-refractivity contribution in [2.75, 3.05) is 7.05 Å². The monoisotopic (exact) mass is 229 g/mol. The number of amides is 1. The molecular formula is C12H23NO3. The number of hydrogen-bond acceptors (Lipinski definition) is 3. The lowest BCUT2D eigenvalue weighted by Crippen LogP contribution is -2.43. The Kier molecular flexibility index (Phi) is 5.48. The highest BCUT2D eigenvalue weighted by molar-refractivity contribution is 5.69. The van der Waals surface area contributed by atoms with Gasteiger partial charge in [-0.3, -0.25) is 0 Å². The number of nitrogens with zero attached hydrogens (tertiary/aromatic N) is 1. The summed E-state index contributed by atoms with van der Waals surface area (Å²) in [5.74, 6) is 0.225. The maximum absolute atomic E-state index is 11.8. The predicted molar refractivity (Wildman–Crippen MR) is 63.3 cm³/mol. The summed E-state index contributed by atoms with van der Waals surface area (Å²) in [6.45, 7) is 9.43. The second kappa shape index (κ2) is 5.87. The molecule has 0 aliphatic carbocycles. The summed E-state index contributed by atoms with van der Waals surface area (Å²) >= 11 is 0. The zero-order chi connectivity index (χ0) is 12.9. The Balaban J connectivity index is 4.55. The second-order valence-corrected chi connectivity index (χ2v) is 5.30. The van der Waals surface area contributed by atoms with Gasteiger partial charge in [0.25, 0.3) is 0 Å². The molecule has 0 bridgehead atoms. The molecule has 0 unspecified atom stereocenters. The van der Waals surface area contributed by atoms with E-state index in [2.05, 4.69) is 0 Å². The highest BCUT2D eigenvalue weighted by Crippen LogP contribution is 2.16. The first-order valence-corrected chi connectivity index (χ1v) is 5.58. The highest BCUT2D eigenvalue weighted by Gasteiger charge is 2.26. The van der Waals surface area contributed by atoms with Crippen molar-refractivity contribution in [3.63, 3.8) is 0 Å². The Morgan fingerprint density at radius 3 is 2.19 bits per heavy atom. The third-order valence-electron chi connectivity index (χ3n) is 2.29. The molecule has 4 nitrogen and oxygen atoms in total. The van der Waals surface area contributed by atoms with E-state index >= 15 is 0 Å². The van der Waals surface area contributed by atoms with Crippen LogP contribution >= 0.6 is 0 Å². The third kappa shape index (κ3) is 5.14. The maximum Gasteiger partial charge on any atom is 0.410 e. The molecule has 0 fully saturated rings. The van der Waals surface area contributed by atoms with Crippen LogP contribution in [0.5, 0.6) is 0 Å². The van der Waals surface area contributed by atoms with E-state index in [9.17, 15) is 9.59 Å². The molecule has 0 saturated heterocycles. The Bertz CT molecular complexity index is 243. The summed E-state index contributed by atoms with van der Waals surface area (Å²) in [5, 5.41) is 0. The van der Waals surface area contributed by atoms with Crippen molar-refractivity contribution >= 4 is 12.4 Å². The van der Waals surface area contributed by atoms with Crippen LogP contribution in [-0.2, 0) is 9.53 Å². The van der Waals surface area contributed by atoms with E-state index in [0.29, 0.717) is 6.42 Å². The molecule has 1 atom stereocenters. The van der Waals surface area contributed by atoms with Gasteiger partial charge in [-0.25, -0.2) is 4.79 Å². The first-order chi connectivity index (χ1) is 7.19. The van der Waals surface area contributed by atoms with Gasteiger partial charge in [0.05, 0.1) is 0 Å². The minimum atomic E-state index is -0.506. The number of aldehydes is 1. The molecule has 0 radical (unpaired) electrons. The molecular weight excluding hydrogens is 206 g/mol. The molecule has 16 heavy (non-hydrogen) atoms. The Hall–Kier alpha value is -1.06. The van der Waals surface area contributed by atoms with Gasteiger partial charge >= 0.3 is 6.09 Å². The lowest BCUT2D eigenvalue weighted by molar-refractivity contribution is -0.109. The van der Waals surface area contributed by atoms with Crippen LogP contribution in [0.25, 0.3) is 0 Å². The molecule has 0 aromatic carbocycles. The summed E-state index contributed by atoms with van der Waals surface area (Å²) in [7, 11) is 1.67. The van der Waals surface area contributed by atoms with Crippen LogP contribution in [0.2, 0.25) is 0 Å². The normalized spacial score (nSPS) is 13.4. The van der Waals surface area contributed by atoms with Crippen molar-refractivity contribution in [1.29, 1.82) is 0 Å². The molecule has 0 N–H and O–H groups in total. The van der Waals surface area contributed by atoms with Gasteiger partial charge < -0.3 is 14.4 Å². The summed E-state index contributed by atoms with van der Waals surface area (Å²) in [5.41, 5.74) is -0.506. The minimum Gasteiger partial charge on any atom is -0.444 e. The van der Waals surface area contributed by atoms with Gasteiger partial charge in [0.15, 0.2) is 0 Å². The smallest absolute Gasteiger partial charge is 0.410 e. The number of ether oxygens (including phenoxy) is 1. The van der Waals surface area contributed by atoms with Gasteiger partial charge in [0.2, 0.25) is 0 Å². The summed E-state index contributed by atoms with van der Waals surface area (Å²) in [4.78, 5) is 23.8. The third-order valence-corrected chi connectivity index (χ3v) is 2.29. The standard InChI is InChI=1S/C12H23NO3/c1-9(2)10(7-8-14)13(6)11(15)16-12(3,4)5/h8-10H,7H2,1-6H3/t10-/m0/s1. The molecule has 0 aliphatic rings. The quantitative estimate of drug-likeness (QED) is 0.696. The molecule has 94 valence electrons. The van der Waals surface area contributed by atoms with E-state index in [1.807, 2.05) is 34.6 Å². The van der Waals surface area contributed by atoms with Crippen LogP contribution in [-0.4, -0.2) is 36.0 Å². The summed E-state index contributed by atoms with van der Waals surface area (Å²) in [6, 6.07) is -0.104. The fourth-order valence-corrected chi connectivity index (χ4v) is 1.45. The lowest BCUT2D eigenvalue weighted by Gasteiger charge is -2.32. The van der Waals surface area contributed by atoms with Gasteiger partial charge in [-0.05, 0) is 26.7 Å². The molecule has 0 rings (SSSR count). The predicted octanol–water partition coefficient (Wildman–Crippen LogP) is 2.47. The average molecular weight is 229 g/mol. The van der Waals surface area contributed by atoms with E-state index in [0.717, 1.165) is 6.29 Å². The number of rotatable bonds is 4. The zero-order valence-electron chi connectivity index (χ0n) is 11.1. The number of hydrogen-bond donors (Lipinski definition) is 0. The van der Waals surface area contributed by atoms with Crippen LogP contribution in [0.1, 0.15) is 41.0 Å². The maximum atomic E-state index is 11.8. The van der Waals surface area contributed by atoms with Crippen molar-refractivity contribution in [1.82, 2.24) is 4.90 Å². The average Bonchev–Trinajstić information content (AvgIpc) is 2.09. The molecule has 0 heterocycles. The van der Waals surface area contributed by atoms with E-state index in [1.165, 1.54) is 4.90 Å². The van der Waals surface area contributed by atoms with Crippen molar-refractivity contribution < 1.29 is 14.3 Å². The van der Waals surface area contributed by atoms with Gasteiger partial charge in [0.1, 0.15) is 11.9 Å². The summed E-state index contributed by atoms with van der Waals surface area (Å²) < 4.78 is 5.25. The largest absolute Gasteiger partial charge is 0.444 e. The minimum absolute atomic E-state index is 0.104. The second-order valence-electron chi connectivity index (χ2n) is 5.30. The van der Waals surface area contributed by atoms with Crippen LogP contribution < -0.4 is 0 Å². The van der Waals surface area contributed by atoms with E-state index in [-0.39, 0.29) is 18.1 Å². The molecule has 1 amide bonds. The van der Waals surface area contributed by atoms with Gasteiger partial charge in [-0.15, -0.1) is 0 Å². The summed E-state index contributed by atoms with van der Waals surface area (Å²) in [6.07, 6.45) is 0.798. The molecule has 0 aliphatic heterocycles. The first-order valence-electron chi connectivity index (χ1n) is 5.58. The fraction of sp³-hybridized carbons (Fsp3) is 0.833. The van der Waals surface area contributed by atoms with Crippen molar-refractivity contribution in [3.05, 3.63) is 0 Å². The lowest BCUT2D eigenvalue weighted by atomic mass is 10.0. The van der Waals surface area contributed by atoms with Crippen molar-refractivity contribution in [2.45, 2.75) is 52.7 Å². The molecule has 0 saturated carbocycles. The zero-order valence-corrected chi connectivity index (χ0v) is 11.1. The fourth-order valence-electron chi connectivity index (χ4n) is 1.45. The van der Waals surface area contributed by atoms with Crippen LogP contribution in [0.15, 0.2) is 0 Å².